The van der Waals surface area contributed by atoms with E-state index >= 15 is 0 Å². The van der Waals surface area contributed by atoms with Crippen LogP contribution < -0.4 is 10.6 Å². The van der Waals surface area contributed by atoms with E-state index in [2.05, 4.69) is 36.1 Å². The van der Waals surface area contributed by atoms with E-state index < -0.39 is 0 Å². The first kappa shape index (κ1) is 13.8. The largest absolute Gasteiger partial charge is 0.397 e. The summed E-state index contributed by atoms with van der Waals surface area (Å²) in [5, 5.41) is 0.678. The quantitative estimate of drug-likeness (QED) is 0.822. The molecule has 0 saturated heterocycles. The summed E-state index contributed by atoms with van der Waals surface area (Å²) < 4.78 is 0. The Hall–Kier alpha value is -1.67. The Bertz CT molecular complexity index is 526. The lowest BCUT2D eigenvalue weighted by molar-refractivity contribution is 0.768. The summed E-state index contributed by atoms with van der Waals surface area (Å²) in [7, 11) is 0. The Kier molecular flexibility index (Phi) is 4.69. The lowest BCUT2D eigenvalue weighted by Gasteiger charge is -2.26. The maximum absolute atomic E-state index is 6.08. The maximum atomic E-state index is 6.08. The number of rotatable bonds is 5. The summed E-state index contributed by atoms with van der Waals surface area (Å²) in [5.41, 5.74) is 9.15. The van der Waals surface area contributed by atoms with Crippen molar-refractivity contribution in [2.24, 2.45) is 0 Å². The van der Waals surface area contributed by atoms with E-state index in [1.165, 1.54) is 5.56 Å². The van der Waals surface area contributed by atoms with Gasteiger partial charge in [-0.2, -0.15) is 0 Å². The fourth-order valence-corrected chi connectivity index (χ4v) is 2.35. The van der Waals surface area contributed by atoms with E-state index in [9.17, 15) is 0 Å². The lowest BCUT2D eigenvalue weighted by Crippen LogP contribution is -2.24. The molecule has 3 heteroatoms. The van der Waals surface area contributed by atoms with Crippen molar-refractivity contribution in [2.45, 2.75) is 19.9 Å². The van der Waals surface area contributed by atoms with Crippen LogP contribution in [0, 0.1) is 0 Å². The van der Waals surface area contributed by atoms with Crippen molar-refractivity contribution in [3.8, 4) is 0 Å². The Morgan fingerprint density at radius 1 is 1.11 bits per heavy atom. The minimum atomic E-state index is 0.678. The van der Waals surface area contributed by atoms with Gasteiger partial charge in [0.25, 0.3) is 0 Å². The lowest BCUT2D eigenvalue weighted by atomic mass is 10.1. The van der Waals surface area contributed by atoms with Crippen LogP contribution in [0.5, 0.6) is 0 Å². The average molecular weight is 275 g/mol. The molecule has 0 radical (unpaired) electrons. The molecule has 2 aromatic rings. The zero-order valence-corrected chi connectivity index (χ0v) is 11.9. The van der Waals surface area contributed by atoms with Crippen LogP contribution in [0.15, 0.2) is 48.5 Å². The zero-order chi connectivity index (χ0) is 13.7. The van der Waals surface area contributed by atoms with Gasteiger partial charge in [0.15, 0.2) is 0 Å². The van der Waals surface area contributed by atoms with E-state index in [-0.39, 0.29) is 0 Å². The van der Waals surface area contributed by atoms with Gasteiger partial charge >= 0.3 is 0 Å². The first-order valence-corrected chi connectivity index (χ1v) is 6.92. The first-order chi connectivity index (χ1) is 9.20. The topological polar surface area (TPSA) is 29.3 Å². The van der Waals surface area contributed by atoms with Crippen LogP contribution in [0.2, 0.25) is 5.02 Å². The van der Waals surface area contributed by atoms with Crippen LogP contribution >= 0.6 is 11.6 Å². The number of halogens is 1. The molecule has 0 spiro atoms. The molecule has 2 aromatic carbocycles. The van der Waals surface area contributed by atoms with Gasteiger partial charge in [-0.05, 0) is 30.2 Å². The second kappa shape index (κ2) is 6.48. The number of anilines is 2. The number of hydrogen-bond acceptors (Lipinski definition) is 2. The Morgan fingerprint density at radius 3 is 2.47 bits per heavy atom. The molecule has 0 fully saturated rings. The number of benzene rings is 2. The Morgan fingerprint density at radius 2 is 1.84 bits per heavy atom. The van der Waals surface area contributed by atoms with E-state index in [0.717, 1.165) is 30.9 Å². The van der Waals surface area contributed by atoms with Gasteiger partial charge in [-0.3, -0.25) is 0 Å². The average Bonchev–Trinajstić information content (AvgIpc) is 2.39. The molecule has 0 amide bonds. The summed E-state index contributed by atoms with van der Waals surface area (Å²) in [6, 6.07) is 16.1. The fraction of sp³-hybridized carbons (Fsp3) is 0.250. The van der Waals surface area contributed by atoms with Crippen molar-refractivity contribution in [1.29, 1.82) is 0 Å². The van der Waals surface area contributed by atoms with Gasteiger partial charge in [-0.1, -0.05) is 48.9 Å². The molecule has 0 aliphatic heterocycles. The van der Waals surface area contributed by atoms with Crippen molar-refractivity contribution in [2.75, 3.05) is 17.2 Å². The minimum absolute atomic E-state index is 0.678. The number of hydrogen-bond donors (Lipinski definition) is 1. The van der Waals surface area contributed by atoms with Crippen LogP contribution in [-0.2, 0) is 6.54 Å². The molecule has 0 saturated carbocycles. The Balaban J connectivity index is 2.24. The van der Waals surface area contributed by atoms with Crippen molar-refractivity contribution in [3.63, 3.8) is 0 Å². The number of nitrogen functional groups attached to an aromatic ring is 1. The number of nitrogens with two attached hydrogens (primary N) is 1. The van der Waals surface area contributed by atoms with Gasteiger partial charge in [0.05, 0.1) is 11.4 Å². The van der Waals surface area contributed by atoms with E-state index in [1.807, 2.05) is 24.3 Å². The van der Waals surface area contributed by atoms with Gasteiger partial charge in [0.1, 0.15) is 0 Å². The molecular formula is C16H19ClN2. The maximum Gasteiger partial charge on any atom is 0.0604 e. The van der Waals surface area contributed by atoms with Gasteiger partial charge in [0.2, 0.25) is 0 Å². The van der Waals surface area contributed by atoms with Crippen molar-refractivity contribution in [1.82, 2.24) is 0 Å². The summed E-state index contributed by atoms with van der Waals surface area (Å²) >= 11 is 5.96. The Labute approximate surface area is 119 Å². The highest BCUT2D eigenvalue weighted by atomic mass is 35.5. The summed E-state index contributed by atoms with van der Waals surface area (Å²) in [4.78, 5) is 2.29. The summed E-state index contributed by atoms with van der Waals surface area (Å²) in [5.74, 6) is 0. The summed E-state index contributed by atoms with van der Waals surface area (Å²) in [6.45, 7) is 4.01. The highest BCUT2D eigenvalue weighted by Crippen LogP contribution is 2.27. The van der Waals surface area contributed by atoms with Crippen LogP contribution in [0.1, 0.15) is 18.9 Å². The molecule has 2 nitrogen and oxygen atoms in total. The molecule has 0 aliphatic carbocycles. The minimum Gasteiger partial charge on any atom is -0.397 e. The highest BCUT2D eigenvalue weighted by Gasteiger charge is 2.10. The fourth-order valence-electron chi connectivity index (χ4n) is 2.17. The third kappa shape index (κ3) is 3.65. The molecule has 100 valence electrons. The van der Waals surface area contributed by atoms with Crippen LogP contribution in [-0.4, -0.2) is 6.54 Å². The highest BCUT2D eigenvalue weighted by molar-refractivity contribution is 6.31. The van der Waals surface area contributed by atoms with Crippen LogP contribution in [0.25, 0.3) is 0 Å². The van der Waals surface area contributed by atoms with Crippen LogP contribution in [0.4, 0.5) is 11.4 Å². The normalized spacial score (nSPS) is 10.4. The molecule has 0 bridgehead atoms. The third-order valence-corrected chi connectivity index (χ3v) is 3.28. The van der Waals surface area contributed by atoms with Crippen LogP contribution in [0.3, 0.4) is 0 Å². The molecule has 19 heavy (non-hydrogen) atoms. The van der Waals surface area contributed by atoms with Gasteiger partial charge < -0.3 is 10.6 Å². The predicted molar refractivity (Wildman–Crippen MR) is 83.6 cm³/mol. The second-order valence-corrected chi connectivity index (χ2v) is 5.05. The molecule has 0 unspecified atom stereocenters. The second-order valence-electron chi connectivity index (χ2n) is 4.61. The molecule has 2 rings (SSSR count). The van der Waals surface area contributed by atoms with Crippen molar-refractivity contribution in [3.05, 3.63) is 59.1 Å². The van der Waals surface area contributed by atoms with E-state index in [1.54, 1.807) is 0 Å². The van der Waals surface area contributed by atoms with Gasteiger partial charge in [-0.25, -0.2) is 0 Å². The first-order valence-electron chi connectivity index (χ1n) is 6.54. The zero-order valence-electron chi connectivity index (χ0n) is 11.1. The monoisotopic (exact) mass is 274 g/mol. The SMILES string of the molecule is CCCN(Cc1ccccc1)c1ccc(Cl)cc1N. The number of nitrogens with zero attached hydrogens (tertiary/aromatic N) is 1. The molecular weight excluding hydrogens is 256 g/mol. The molecule has 0 atom stereocenters. The van der Waals surface area contributed by atoms with E-state index in [4.69, 9.17) is 17.3 Å². The molecule has 2 N–H and O–H groups in total. The van der Waals surface area contributed by atoms with Gasteiger partial charge in [0, 0.05) is 18.1 Å². The van der Waals surface area contributed by atoms with E-state index in [0.29, 0.717) is 5.02 Å². The predicted octanol–water partition coefficient (Wildman–Crippen LogP) is 4.34. The standard InChI is InChI=1S/C16H19ClN2/c1-2-10-19(12-13-6-4-3-5-7-13)16-9-8-14(17)11-15(16)18/h3-9,11H,2,10,12,18H2,1H3. The van der Waals surface area contributed by atoms with Gasteiger partial charge in [-0.15, -0.1) is 0 Å². The summed E-state index contributed by atoms with van der Waals surface area (Å²) in [6.07, 6.45) is 1.08. The molecule has 0 aromatic heterocycles. The van der Waals surface area contributed by atoms with Crippen molar-refractivity contribution >= 4 is 23.0 Å². The molecule has 0 heterocycles. The van der Waals surface area contributed by atoms with Crippen molar-refractivity contribution < 1.29 is 0 Å². The molecule has 0 aliphatic rings. The smallest absolute Gasteiger partial charge is 0.0604 e. The third-order valence-electron chi connectivity index (χ3n) is 3.04.